The molecule has 1 saturated heterocycles. The number of methoxy groups -OCH3 is 2. The van der Waals surface area contributed by atoms with Gasteiger partial charge in [0.2, 0.25) is 5.01 Å². The van der Waals surface area contributed by atoms with Gasteiger partial charge < -0.3 is 25.0 Å². The second-order valence-corrected chi connectivity index (χ2v) is 8.70. The molecule has 0 saturated carbocycles. The van der Waals surface area contributed by atoms with Crippen molar-refractivity contribution in [3.63, 3.8) is 0 Å². The summed E-state index contributed by atoms with van der Waals surface area (Å²) in [4.78, 5) is 27.3. The van der Waals surface area contributed by atoms with E-state index in [0.717, 1.165) is 12.8 Å². The average Bonchev–Trinajstić information content (AvgIpc) is 3.49. The van der Waals surface area contributed by atoms with Gasteiger partial charge in [-0.3, -0.25) is 4.79 Å². The Morgan fingerprint density at radius 3 is 2.73 bits per heavy atom. The lowest BCUT2D eigenvalue weighted by Crippen LogP contribution is -2.34. The maximum atomic E-state index is 13.0. The van der Waals surface area contributed by atoms with Crippen LogP contribution in [0, 0.1) is 0 Å². The smallest absolute Gasteiger partial charge is 0.322 e. The number of halogens is 1. The molecule has 11 heteroatoms. The van der Waals surface area contributed by atoms with E-state index in [1.165, 1.54) is 18.4 Å². The first-order valence-electron chi connectivity index (χ1n) is 10.2. The van der Waals surface area contributed by atoms with Crippen molar-refractivity contribution < 1.29 is 19.1 Å². The van der Waals surface area contributed by atoms with Crippen LogP contribution in [0.1, 0.15) is 33.7 Å². The maximum absolute atomic E-state index is 13.0. The van der Waals surface area contributed by atoms with Crippen LogP contribution in [0.5, 0.6) is 11.5 Å². The second kappa shape index (κ2) is 10.1. The summed E-state index contributed by atoms with van der Waals surface area (Å²) < 4.78 is 10.6. The predicted molar refractivity (Wildman–Crippen MR) is 127 cm³/mol. The van der Waals surface area contributed by atoms with Crippen LogP contribution in [0.15, 0.2) is 42.5 Å². The molecule has 33 heavy (non-hydrogen) atoms. The van der Waals surface area contributed by atoms with Crippen molar-refractivity contribution in [2.24, 2.45) is 0 Å². The van der Waals surface area contributed by atoms with Crippen molar-refractivity contribution >= 4 is 46.3 Å². The summed E-state index contributed by atoms with van der Waals surface area (Å²) in [5, 5.41) is 15.2. The molecule has 1 aliphatic rings. The van der Waals surface area contributed by atoms with E-state index in [9.17, 15) is 9.59 Å². The number of carbonyl (C=O) groups is 2. The lowest BCUT2D eigenvalue weighted by Gasteiger charge is -2.23. The van der Waals surface area contributed by atoms with Crippen LogP contribution in [-0.4, -0.2) is 47.8 Å². The summed E-state index contributed by atoms with van der Waals surface area (Å²) in [6.45, 7) is 0.568. The molecule has 0 spiro atoms. The predicted octanol–water partition coefficient (Wildman–Crippen LogP) is 4.83. The highest BCUT2D eigenvalue weighted by atomic mass is 35.5. The molecule has 1 fully saturated rings. The summed E-state index contributed by atoms with van der Waals surface area (Å²) in [6, 6.07) is 11.5. The van der Waals surface area contributed by atoms with Gasteiger partial charge in [-0.1, -0.05) is 29.0 Å². The first-order valence-corrected chi connectivity index (χ1v) is 11.4. The molecule has 0 radical (unpaired) electrons. The Morgan fingerprint density at radius 1 is 1.12 bits per heavy atom. The molecule has 1 aromatic heterocycles. The van der Waals surface area contributed by atoms with E-state index in [1.54, 1.807) is 54.5 Å². The molecule has 9 nitrogen and oxygen atoms in total. The number of hydrogen-bond donors (Lipinski definition) is 2. The largest absolute Gasteiger partial charge is 0.497 e. The minimum atomic E-state index is -0.377. The number of ether oxygens (including phenoxy) is 2. The lowest BCUT2D eigenvalue weighted by molar-refractivity contribution is 0.102. The van der Waals surface area contributed by atoms with Gasteiger partial charge >= 0.3 is 6.03 Å². The van der Waals surface area contributed by atoms with Crippen molar-refractivity contribution in [2.75, 3.05) is 31.4 Å². The number of hydrogen-bond acceptors (Lipinski definition) is 7. The van der Waals surface area contributed by atoms with Gasteiger partial charge in [0.15, 0.2) is 0 Å². The molecule has 172 valence electrons. The molecule has 0 aliphatic carbocycles. The van der Waals surface area contributed by atoms with Crippen LogP contribution in [0.3, 0.4) is 0 Å². The van der Waals surface area contributed by atoms with Crippen LogP contribution in [0.25, 0.3) is 0 Å². The third-order valence-corrected chi connectivity index (χ3v) is 6.42. The maximum Gasteiger partial charge on any atom is 0.322 e. The molecule has 3 amide bonds. The Labute approximate surface area is 199 Å². The number of carbonyl (C=O) groups excluding carboxylic acids is 2. The standard InChI is InChI=1S/C22H22ClN5O4S/c1-31-15-8-9-16(18(12-15)32-2)25-22(30)28-10-4-7-17(28)20-26-27-21(33-20)19(29)24-14-6-3-5-13(23)11-14/h3,5-6,8-9,11-12,17H,4,7,10H2,1-2H3,(H,24,29)(H,25,30). The van der Waals surface area contributed by atoms with E-state index in [2.05, 4.69) is 20.8 Å². The minimum absolute atomic E-state index is 0.217. The molecule has 3 aromatic rings. The SMILES string of the molecule is COc1ccc(NC(=O)N2CCCC2c2nnc(C(=O)Nc3cccc(Cl)c3)s2)c(OC)c1. The molecule has 2 aromatic carbocycles. The van der Waals surface area contributed by atoms with Crippen molar-refractivity contribution in [3.05, 3.63) is 57.5 Å². The molecular formula is C22H22ClN5O4S. The zero-order valence-electron chi connectivity index (χ0n) is 18.0. The Morgan fingerprint density at radius 2 is 1.97 bits per heavy atom. The third kappa shape index (κ3) is 5.18. The van der Waals surface area contributed by atoms with Gasteiger partial charge in [-0.2, -0.15) is 0 Å². The minimum Gasteiger partial charge on any atom is -0.497 e. The highest BCUT2D eigenvalue weighted by Crippen LogP contribution is 2.35. The number of benzene rings is 2. The van der Waals surface area contributed by atoms with Crippen LogP contribution in [0.4, 0.5) is 16.2 Å². The van der Waals surface area contributed by atoms with E-state index in [1.807, 2.05) is 0 Å². The van der Waals surface area contributed by atoms with Gasteiger partial charge in [-0.05, 0) is 43.2 Å². The van der Waals surface area contributed by atoms with Crippen molar-refractivity contribution in [2.45, 2.75) is 18.9 Å². The van der Waals surface area contributed by atoms with Gasteiger partial charge in [-0.15, -0.1) is 10.2 Å². The van der Waals surface area contributed by atoms with E-state index < -0.39 is 0 Å². The summed E-state index contributed by atoms with van der Waals surface area (Å²) >= 11 is 7.14. The number of likely N-dealkylation sites (tertiary alicyclic amines) is 1. The molecule has 0 bridgehead atoms. The lowest BCUT2D eigenvalue weighted by atomic mass is 10.2. The summed E-state index contributed by atoms with van der Waals surface area (Å²) in [7, 11) is 3.09. The first kappa shape index (κ1) is 22.8. The highest BCUT2D eigenvalue weighted by Gasteiger charge is 2.33. The fourth-order valence-electron chi connectivity index (χ4n) is 3.57. The number of urea groups is 1. The van der Waals surface area contributed by atoms with Crippen LogP contribution in [-0.2, 0) is 0 Å². The van der Waals surface area contributed by atoms with Gasteiger partial charge in [-0.25, -0.2) is 4.79 Å². The number of aromatic nitrogens is 2. The van der Waals surface area contributed by atoms with Crippen LogP contribution < -0.4 is 20.1 Å². The van der Waals surface area contributed by atoms with Gasteiger partial charge in [0.1, 0.15) is 16.5 Å². The van der Waals surface area contributed by atoms with E-state index in [0.29, 0.717) is 39.4 Å². The molecular weight excluding hydrogens is 466 g/mol. The number of amides is 3. The monoisotopic (exact) mass is 487 g/mol. The molecule has 1 atom stereocenters. The molecule has 4 rings (SSSR count). The zero-order chi connectivity index (χ0) is 23.4. The number of nitrogens with one attached hydrogen (secondary N) is 2. The Balaban J connectivity index is 1.46. The van der Waals surface area contributed by atoms with Crippen molar-refractivity contribution in [1.82, 2.24) is 15.1 Å². The highest BCUT2D eigenvalue weighted by molar-refractivity contribution is 7.13. The van der Waals surface area contributed by atoms with E-state index in [4.69, 9.17) is 21.1 Å². The van der Waals surface area contributed by atoms with Crippen LogP contribution in [0.2, 0.25) is 5.02 Å². The van der Waals surface area contributed by atoms with E-state index in [-0.39, 0.29) is 23.0 Å². The normalized spacial score (nSPS) is 15.2. The number of anilines is 2. The second-order valence-electron chi connectivity index (χ2n) is 7.26. The average molecular weight is 488 g/mol. The first-order chi connectivity index (χ1) is 16.0. The van der Waals surface area contributed by atoms with Gasteiger partial charge in [0.25, 0.3) is 5.91 Å². The Bertz CT molecular complexity index is 1170. The van der Waals surface area contributed by atoms with Crippen molar-refractivity contribution in [3.8, 4) is 11.5 Å². The molecule has 2 N–H and O–H groups in total. The zero-order valence-corrected chi connectivity index (χ0v) is 19.6. The van der Waals surface area contributed by atoms with Gasteiger partial charge in [0.05, 0.1) is 25.9 Å². The number of nitrogens with zero attached hydrogens (tertiary/aromatic N) is 3. The Hall–Kier alpha value is -3.37. The topological polar surface area (TPSA) is 106 Å². The van der Waals surface area contributed by atoms with E-state index >= 15 is 0 Å². The summed E-state index contributed by atoms with van der Waals surface area (Å²) in [6.07, 6.45) is 1.55. The fraction of sp³-hybridized carbons (Fsp3) is 0.273. The van der Waals surface area contributed by atoms with Crippen molar-refractivity contribution in [1.29, 1.82) is 0 Å². The number of rotatable bonds is 6. The van der Waals surface area contributed by atoms with Crippen LogP contribution >= 0.6 is 22.9 Å². The van der Waals surface area contributed by atoms with Gasteiger partial charge in [0, 0.05) is 23.3 Å². The third-order valence-electron chi connectivity index (χ3n) is 5.17. The summed E-state index contributed by atoms with van der Waals surface area (Å²) in [5.41, 5.74) is 1.10. The fourth-order valence-corrected chi connectivity index (χ4v) is 4.64. The Kier molecular flexibility index (Phi) is 6.95. The molecule has 1 aliphatic heterocycles. The summed E-state index contributed by atoms with van der Waals surface area (Å²) in [5.74, 6) is 0.744. The molecule has 1 unspecified atom stereocenters. The quantitative estimate of drug-likeness (QED) is 0.516. The molecule has 2 heterocycles.